The molecule has 2 amide bonds. The molecule has 168 valence electrons. The van der Waals surface area contributed by atoms with Crippen molar-refractivity contribution in [3.05, 3.63) is 65.4 Å². The fourth-order valence-corrected chi connectivity index (χ4v) is 4.38. The van der Waals surface area contributed by atoms with E-state index in [2.05, 4.69) is 39.6 Å². The summed E-state index contributed by atoms with van der Waals surface area (Å²) in [5, 5.41) is 7.30. The molecule has 0 atom stereocenters. The summed E-state index contributed by atoms with van der Waals surface area (Å²) in [5.41, 5.74) is 5.57. The Labute approximate surface area is 189 Å². The maximum atomic E-state index is 12.6. The lowest BCUT2D eigenvalue weighted by Crippen LogP contribution is -2.43. The van der Waals surface area contributed by atoms with Crippen LogP contribution in [0.3, 0.4) is 0 Å². The number of benzene rings is 2. The fourth-order valence-electron chi connectivity index (χ4n) is 4.38. The van der Waals surface area contributed by atoms with E-state index in [-0.39, 0.29) is 17.7 Å². The molecule has 2 aromatic carbocycles. The number of carbonyl (C=O) groups excluding carboxylic acids is 2. The van der Waals surface area contributed by atoms with Crippen LogP contribution in [0.2, 0.25) is 0 Å². The van der Waals surface area contributed by atoms with Crippen LogP contribution in [-0.4, -0.2) is 47.9 Å². The lowest BCUT2D eigenvalue weighted by Gasteiger charge is -2.30. The third kappa shape index (κ3) is 5.37. The van der Waals surface area contributed by atoms with Gasteiger partial charge in [-0.15, -0.1) is 0 Å². The van der Waals surface area contributed by atoms with Gasteiger partial charge in [0.2, 0.25) is 11.8 Å². The lowest BCUT2D eigenvalue weighted by molar-refractivity contribution is -0.126. The Kier molecular flexibility index (Phi) is 6.90. The Morgan fingerprint density at radius 2 is 1.84 bits per heavy atom. The van der Waals surface area contributed by atoms with Gasteiger partial charge in [0, 0.05) is 35.2 Å². The monoisotopic (exact) mass is 432 g/mol. The first kappa shape index (κ1) is 22.1. The zero-order valence-electron chi connectivity index (χ0n) is 18.9. The number of nitrogens with one attached hydrogen (secondary N) is 3. The molecule has 1 aliphatic heterocycles. The smallest absolute Gasteiger partial charge is 0.238 e. The van der Waals surface area contributed by atoms with Crippen LogP contribution in [0.15, 0.2) is 48.7 Å². The Balaban J connectivity index is 1.18. The number of anilines is 1. The van der Waals surface area contributed by atoms with Gasteiger partial charge in [-0.05, 0) is 81.1 Å². The molecule has 3 N–H and O–H groups in total. The minimum absolute atomic E-state index is 0.00474. The highest BCUT2D eigenvalue weighted by atomic mass is 16.2. The average molecular weight is 433 g/mol. The van der Waals surface area contributed by atoms with Gasteiger partial charge in [0.1, 0.15) is 0 Å². The first-order chi connectivity index (χ1) is 15.5. The van der Waals surface area contributed by atoms with Gasteiger partial charge >= 0.3 is 0 Å². The lowest BCUT2D eigenvalue weighted by atomic mass is 9.96. The van der Waals surface area contributed by atoms with Gasteiger partial charge < -0.3 is 15.6 Å². The first-order valence-corrected chi connectivity index (χ1v) is 11.4. The number of aromatic nitrogens is 1. The number of carbonyl (C=O) groups is 2. The minimum atomic E-state index is -0.00474. The quantitative estimate of drug-likeness (QED) is 0.532. The molecule has 6 heteroatoms. The summed E-state index contributed by atoms with van der Waals surface area (Å²) in [6.07, 6.45) is 4.41. The van der Waals surface area contributed by atoms with Crippen LogP contribution in [0.5, 0.6) is 0 Å². The Hall–Kier alpha value is -3.12. The number of H-pyrrole nitrogens is 1. The standard InChI is InChI=1S/C26H32N4O2/c1-18-7-8-22(15-19(18)2)29-25(31)17-30-13-10-20(11-14-30)26(32)27-12-9-21-16-28-24-6-4-3-5-23(21)24/h3-8,15-16,20,28H,9-14,17H2,1-2H3,(H,27,32)(H,29,31). The summed E-state index contributed by atoms with van der Waals surface area (Å²) < 4.78 is 0. The van der Waals surface area contributed by atoms with Crippen molar-refractivity contribution in [1.29, 1.82) is 0 Å². The molecule has 4 rings (SSSR count). The molecule has 1 aliphatic rings. The summed E-state index contributed by atoms with van der Waals surface area (Å²) in [6.45, 7) is 6.63. The minimum Gasteiger partial charge on any atom is -0.361 e. The van der Waals surface area contributed by atoms with E-state index in [0.717, 1.165) is 43.6 Å². The van der Waals surface area contributed by atoms with Gasteiger partial charge in [0.15, 0.2) is 0 Å². The van der Waals surface area contributed by atoms with E-state index in [4.69, 9.17) is 0 Å². The number of rotatable bonds is 7. The number of likely N-dealkylation sites (tertiary alicyclic amines) is 1. The topological polar surface area (TPSA) is 77.2 Å². The third-order valence-electron chi connectivity index (χ3n) is 6.48. The molecule has 6 nitrogen and oxygen atoms in total. The molecular weight excluding hydrogens is 400 g/mol. The number of piperidine rings is 1. The van der Waals surface area contributed by atoms with Crippen LogP contribution in [0.1, 0.15) is 29.5 Å². The molecule has 0 saturated carbocycles. The van der Waals surface area contributed by atoms with Gasteiger partial charge in [-0.2, -0.15) is 0 Å². The average Bonchev–Trinajstić information content (AvgIpc) is 3.20. The molecule has 3 aromatic rings. The zero-order chi connectivity index (χ0) is 22.5. The van der Waals surface area contributed by atoms with E-state index in [1.54, 1.807) is 0 Å². The van der Waals surface area contributed by atoms with E-state index in [1.165, 1.54) is 22.1 Å². The van der Waals surface area contributed by atoms with E-state index in [0.29, 0.717) is 13.1 Å². The van der Waals surface area contributed by atoms with E-state index in [1.807, 2.05) is 43.5 Å². The van der Waals surface area contributed by atoms with Crippen LogP contribution in [-0.2, 0) is 16.0 Å². The van der Waals surface area contributed by atoms with Gasteiger partial charge in [-0.25, -0.2) is 0 Å². The largest absolute Gasteiger partial charge is 0.361 e. The van der Waals surface area contributed by atoms with Crippen molar-refractivity contribution in [2.75, 3.05) is 31.5 Å². The summed E-state index contributed by atoms with van der Waals surface area (Å²) in [7, 11) is 0. The number of hydrogen-bond donors (Lipinski definition) is 3. The van der Waals surface area contributed by atoms with Crippen molar-refractivity contribution >= 4 is 28.4 Å². The van der Waals surface area contributed by atoms with E-state index in [9.17, 15) is 9.59 Å². The highest BCUT2D eigenvalue weighted by molar-refractivity contribution is 5.92. The second-order valence-corrected chi connectivity index (χ2v) is 8.80. The van der Waals surface area contributed by atoms with Crippen LogP contribution in [0, 0.1) is 19.8 Å². The van der Waals surface area contributed by atoms with Gasteiger partial charge in [-0.1, -0.05) is 24.3 Å². The number of aromatic amines is 1. The second-order valence-electron chi connectivity index (χ2n) is 8.80. The second kappa shape index (κ2) is 10.0. The maximum absolute atomic E-state index is 12.6. The van der Waals surface area contributed by atoms with Crippen LogP contribution in [0.4, 0.5) is 5.69 Å². The molecular formula is C26H32N4O2. The number of amides is 2. The molecule has 0 aliphatic carbocycles. The molecule has 2 heterocycles. The highest BCUT2D eigenvalue weighted by Crippen LogP contribution is 2.20. The molecule has 1 saturated heterocycles. The predicted molar refractivity (Wildman–Crippen MR) is 129 cm³/mol. The van der Waals surface area contributed by atoms with Gasteiger partial charge in [0.05, 0.1) is 6.54 Å². The van der Waals surface area contributed by atoms with Crippen molar-refractivity contribution in [3.63, 3.8) is 0 Å². The molecule has 0 spiro atoms. The predicted octanol–water partition coefficient (Wildman–Crippen LogP) is 3.79. The van der Waals surface area contributed by atoms with E-state index >= 15 is 0 Å². The van der Waals surface area contributed by atoms with Crippen LogP contribution < -0.4 is 10.6 Å². The van der Waals surface area contributed by atoms with Crippen LogP contribution in [0.25, 0.3) is 10.9 Å². The zero-order valence-corrected chi connectivity index (χ0v) is 18.9. The summed E-state index contributed by atoms with van der Waals surface area (Å²) in [6, 6.07) is 14.2. The maximum Gasteiger partial charge on any atom is 0.238 e. The molecule has 0 radical (unpaired) electrons. The molecule has 1 fully saturated rings. The van der Waals surface area contributed by atoms with Crippen molar-refractivity contribution in [3.8, 4) is 0 Å². The number of aryl methyl sites for hydroxylation is 2. The van der Waals surface area contributed by atoms with Crippen molar-refractivity contribution in [1.82, 2.24) is 15.2 Å². The fraction of sp³-hybridized carbons (Fsp3) is 0.385. The Morgan fingerprint density at radius 3 is 2.62 bits per heavy atom. The molecule has 0 unspecified atom stereocenters. The first-order valence-electron chi connectivity index (χ1n) is 11.4. The molecule has 32 heavy (non-hydrogen) atoms. The van der Waals surface area contributed by atoms with Crippen molar-refractivity contribution < 1.29 is 9.59 Å². The SMILES string of the molecule is Cc1ccc(NC(=O)CN2CCC(C(=O)NCCc3c[nH]c4ccccc34)CC2)cc1C. The number of nitrogens with zero attached hydrogens (tertiary/aromatic N) is 1. The van der Waals surface area contributed by atoms with E-state index < -0.39 is 0 Å². The normalized spacial score (nSPS) is 15.1. The van der Waals surface area contributed by atoms with Crippen molar-refractivity contribution in [2.24, 2.45) is 5.92 Å². The number of hydrogen-bond acceptors (Lipinski definition) is 3. The number of fused-ring (bicyclic) bond motifs is 1. The van der Waals surface area contributed by atoms with Crippen LogP contribution >= 0.6 is 0 Å². The summed E-state index contributed by atoms with van der Waals surface area (Å²) in [4.78, 5) is 30.4. The van der Waals surface area contributed by atoms with Crippen molar-refractivity contribution in [2.45, 2.75) is 33.1 Å². The summed E-state index contributed by atoms with van der Waals surface area (Å²) >= 11 is 0. The molecule has 1 aromatic heterocycles. The molecule has 0 bridgehead atoms. The van der Waals surface area contributed by atoms with Gasteiger partial charge in [-0.3, -0.25) is 14.5 Å². The van der Waals surface area contributed by atoms with Gasteiger partial charge in [0.25, 0.3) is 0 Å². The Morgan fingerprint density at radius 1 is 1.06 bits per heavy atom. The highest BCUT2D eigenvalue weighted by Gasteiger charge is 2.25. The number of para-hydroxylation sites is 1. The third-order valence-corrected chi connectivity index (χ3v) is 6.48. The summed E-state index contributed by atoms with van der Waals surface area (Å²) in [5.74, 6) is 0.149. The Bertz CT molecular complexity index is 1100.